The third-order valence-corrected chi connectivity index (χ3v) is 36.3. The highest BCUT2D eigenvalue weighted by atomic mass is 32.2. The molecule has 139 heavy (non-hydrogen) atoms. The van der Waals surface area contributed by atoms with E-state index in [0.717, 1.165) is 44.5 Å². The molecule has 0 N–H and O–H groups in total. The van der Waals surface area contributed by atoms with E-state index in [2.05, 4.69) is 444 Å². The van der Waals surface area contributed by atoms with Crippen molar-refractivity contribution in [3.63, 3.8) is 0 Å². The van der Waals surface area contributed by atoms with E-state index in [-0.39, 0.29) is 0 Å². The molecule has 0 bridgehead atoms. The zero-order chi connectivity index (χ0) is 94.5. The molecule has 12 heterocycles. The molecule has 0 aliphatic carbocycles. The molecule has 0 fully saturated rings. The van der Waals surface area contributed by atoms with Crippen LogP contribution in [0.2, 0.25) is 0 Å². The average molecular weight is 1910 g/mol. The van der Waals surface area contributed by atoms with E-state index >= 15 is 0 Å². The molecule has 28 rings (SSSR count). The first-order valence-electron chi connectivity index (χ1n) is 47.3. The lowest BCUT2D eigenvalue weighted by molar-refractivity contribution is -0.634. The number of para-hydroxylation sites is 13. The highest BCUT2D eigenvalue weighted by Crippen LogP contribution is 2.53. The maximum Gasteiger partial charge on any atom is 0.296 e. The molecular weight excluding hydrogens is 1810 g/mol. The second-order valence-electron chi connectivity index (χ2n) is 37.4. The molecule has 0 unspecified atom stereocenters. The number of imidazole rings is 4. The number of benzene rings is 16. The number of thiophene rings is 6. The van der Waals surface area contributed by atoms with E-state index in [1.54, 1.807) is 0 Å². The minimum absolute atomic E-state index is 0.812. The first-order chi connectivity index (χ1) is 67.7. The summed E-state index contributed by atoms with van der Waals surface area (Å²) in [5.41, 5.74) is 37.2. The van der Waals surface area contributed by atoms with Gasteiger partial charge in [0.15, 0.2) is 55.3 Å². The van der Waals surface area contributed by atoms with Gasteiger partial charge in [0.25, 0.3) is 23.3 Å². The van der Waals surface area contributed by atoms with E-state index in [4.69, 9.17) is 8.83 Å². The van der Waals surface area contributed by atoms with Crippen molar-refractivity contribution in [2.75, 3.05) is 0 Å². The van der Waals surface area contributed by atoms with Crippen molar-refractivity contribution in [3.05, 3.63) is 383 Å². The van der Waals surface area contributed by atoms with Gasteiger partial charge in [-0.2, -0.15) is 18.3 Å². The largest absolute Gasteiger partial charge is 0.452 e. The zero-order valence-corrected chi connectivity index (χ0v) is 84.8. The van der Waals surface area contributed by atoms with Gasteiger partial charge >= 0.3 is 0 Å². The fraction of sp³-hybridized carbons (Fsp3) is 0.122. The molecule has 674 valence electrons. The van der Waals surface area contributed by atoms with E-state index < -0.39 is 0 Å². The summed E-state index contributed by atoms with van der Waals surface area (Å²) in [5, 5.41) is 13.1. The van der Waals surface area contributed by atoms with Crippen molar-refractivity contribution in [2.24, 2.45) is 28.2 Å². The van der Waals surface area contributed by atoms with Gasteiger partial charge in [0.05, 0.1) is 88.0 Å². The molecule has 16 aromatic carbocycles. The van der Waals surface area contributed by atoms with Gasteiger partial charge in [-0.25, -0.2) is 18.3 Å². The molecule has 0 radical (unpaired) electrons. The lowest BCUT2D eigenvalue weighted by Gasteiger charge is -2.11. The second-order valence-corrected chi connectivity index (χ2v) is 44.1. The minimum atomic E-state index is 0.812. The van der Waals surface area contributed by atoms with Crippen LogP contribution in [0.25, 0.3) is 234 Å². The van der Waals surface area contributed by atoms with E-state index in [9.17, 15) is 0 Å². The van der Waals surface area contributed by atoms with Crippen molar-refractivity contribution in [1.82, 2.24) is 18.3 Å². The lowest BCUT2D eigenvalue weighted by Crippen LogP contribution is -2.30. The monoisotopic (exact) mass is 1910 g/mol. The summed E-state index contributed by atoms with van der Waals surface area (Å²) in [7, 11) is 8.76. The Hall–Kier alpha value is -14.7. The molecule has 10 nitrogen and oxygen atoms in total. The molecule has 28 aromatic rings. The lowest BCUT2D eigenvalue weighted by atomic mass is 10.0. The molecule has 16 heteroatoms. The van der Waals surface area contributed by atoms with Crippen LogP contribution in [0.5, 0.6) is 0 Å². The quantitative estimate of drug-likeness (QED) is 0.142. The highest BCUT2D eigenvalue weighted by Gasteiger charge is 2.37. The molecule has 0 spiro atoms. The van der Waals surface area contributed by atoms with Crippen LogP contribution in [-0.4, -0.2) is 18.3 Å². The second kappa shape index (κ2) is 33.3. The average Bonchev–Trinajstić information content (AvgIpc) is 1.54. The Bertz CT molecular complexity index is 9810. The SMILES string of the molecule is Cc1cc2c(cc1-c1n(-c3c(C)cccc3C)c3ccccc3[n+]1C)oc1c3ccccc3oc21.Cc1cc2c(cc1-c1n(-c3c(C)cccc3C)c3ccccc3[n+]1C)sc1sc3ccccc3c12.Cc1cccc(C)c1-n1c(-c2c(C)ccc3c2sc2c4ccccc4sc32)[n+](C)c2ccccc21.Cc1ccccc1-n1c(-c2c(C)ccc3c2sc2sc4ccccc4c23)[n+](C)c2ccccc21. The Balaban J connectivity index is 0.0000000980. The maximum atomic E-state index is 6.42. The Labute approximate surface area is 827 Å². The summed E-state index contributed by atoms with van der Waals surface area (Å²) < 4.78 is 45.7. The summed E-state index contributed by atoms with van der Waals surface area (Å²) in [6, 6.07) is 116. The number of fused-ring (bicyclic) bond motifs is 24. The number of nitrogens with zero attached hydrogens (tertiary/aromatic N) is 8. The van der Waals surface area contributed by atoms with Crippen LogP contribution in [0.3, 0.4) is 0 Å². The van der Waals surface area contributed by atoms with Crippen LogP contribution in [-0.2, 0) is 28.2 Å². The number of aromatic nitrogens is 8. The molecule has 0 saturated carbocycles. The van der Waals surface area contributed by atoms with Gasteiger partial charge in [-0.05, 0) is 247 Å². The predicted octanol–water partition coefficient (Wildman–Crippen LogP) is 33.3. The summed E-state index contributed by atoms with van der Waals surface area (Å²) in [6.45, 7) is 24.4. The molecule has 0 aliphatic rings. The number of hydrogen-bond donors (Lipinski definition) is 0. The van der Waals surface area contributed by atoms with Gasteiger partial charge in [0.1, 0.15) is 33.9 Å². The van der Waals surface area contributed by atoms with E-state index in [0.29, 0.717) is 0 Å². The smallest absolute Gasteiger partial charge is 0.296 e. The maximum absolute atomic E-state index is 6.42. The first kappa shape index (κ1) is 85.9. The predicted molar refractivity (Wildman–Crippen MR) is 594 cm³/mol. The molecule has 0 saturated heterocycles. The van der Waals surface area contributed by atoms with Crippen molar-refractivity contribution in [1.29, 1.82) is 0 Å². The Morgan fingerprint density at radius 2 is 0.583 bits per heavy atom. The summed E-state index contributed by atoms with van der Waals surface area (Å²) in [4.78, 5) is 0. The van der Waals surface area contributed by atoms with Crippen LogP contribution in [0, 0.1) is 76.2 Å². The fourth-order valence-corrected chi connectivity index (χ4v) is 30.5. The normalized spacial score (nSPS) is 12.0. The van der Waals surface area contributed by atoms with Crippen LogP contribution < -0.4 is 18.3 Å². The Morgan fingerprint density at radius 3 is 1.11 bits per heavy atom. The number of aryl methyl sites for hydroxylation is 15. The molecule has 0 amide bonds. The van der Waals surface area contributed by atoms with Crippen LogP contribution >= 0.6 is 68.0 Å². The molecular formula is C123H98N8O2S6+4. The molecule has 0 aliphatic heterocycles. The first-order valence-corrected chi connectivity index (χ1v) is 52.2. The van der Waals surface area contributed by atoms with Gasteiger partial charge in [0.2, 0.25) is 0 Å². The minimum Gasteiger partial charge on any atom is -0.452 e. The molecule has 12 aromatic heterocycles. The van der Waals surface area contributed by atoms with Crippen molar-refractivity contribution < 1.29 is 27.1 Å². The standard InChI is InChI=1S/C31H25N2O2.2C31H25N2S2.C30H23N2S2/c1-18-10-9-11-19(2)28(18)33-25-14-7-6-13-24(25)32(4)31(33)22-17-27-23(16-20(22)3)30-29(35-27)21-12-5-8-15-26(21)34-30;1-18-10-9-11-19(2)29(18)33-25-14-7-6-13-24(25)32(4)30(33)22-17-27-23(16-20(22)3)28-21-12-5-8-15-26(21)34-31(28)35-27;1-18-16-17-22-28(35-29-21-12-5-8-15-25(21)34-30(22)29)26(18)31-32(4)23-13-6-7-14-24(23)33(31)27-19(2)10-9-11-20(27)3;1-18-10-4-6-12-22(18)32-24-14-8-7-13-23(24)31(3)29(32)26-19(2)16-17-21-27-20-11-5-9-15-25(20)33-30(27)34-28(21)26/h3*5-17H,1-4H3;4-17H,1-3H3/q4*+1. The van der Waals surface area contributed by atoms with Gasteiger partial charge in [-0.15, -0.1) is 68.0 Å². The van der Waals surface area contributed by atoms with Crippen molar-refractivity contribution >= 4 is 234 Å². The Morgan fingerprint density at radius 1 is 0.223 bits per heavy atom. The summed E-state index contributed by atoms with van der Waals surface area (Å²) >= 11 is 11.6. The van der Waals surface area contributed by atoms with Gasteiger partial charge in [-0.1, -0.05) is 212 Å². The topological polar surface area (TPSA) is 61.5 Å². The summed E-state index contributed by atoms with van der Waals surface area (Å²) in [6.07, 6.45) is 0. The zero-order valence-electron chi connectivity index (χ0n) is 79.9. The summed E-state index contributed by atoms with van der Waals surface area (Å²) in [5.74, 6) is 4.83. The van der Waals surface area contributed by atoms with Crippen molar-refractivity contribution in [3.8, 4) is 68.3 Å². The van der Waals surface area contributed by atoms with E-state index in [1.807, 2.05) is 86.2 Å². The Kier molecular flexibility index (Phi) is 20.6. The number of rotatable bonds is 8. The number of hydrogen-bond acceptors (Lipinski definition) is 8. The van der Waals surface area contributed by atoms with Gasteiger partial charge in [0, 0.05) is 61.9 Å². The third kappa shape index (κ3) is 13.4. The molecule has 0 atom stereocenters. The highest BCUT2D eigenvalue weighted by molar-refractivity contribution is 7.45. The fourth-order valence-electron chi connectivity index (χ4n) is 22.2. The van der Waals surface area contributed by atoms with Crippen LogP contribution in [0.4, 0.5) is 0 Å². The van der Waals surface area contributed by atoms with Crippen molar-refractivity contribution in [2.45, 2.75) is 76.2 Å². The van der Waals surface area contributed by atoms with Gasteiger partial charge in [-0.3, -0.25) is 0 Å². The van der Waals surface area contributed by atoms with Crippen LogP contribution in [0.15, 0.2) is 330 Å². The number of furan rings is 2. The van der Waals surface area contributed by atoms with Gasteiger partial charge < -0.3 is 8.83 Å². The third-order valence-electron chi connectivity index (χ3n) is 28.8. The van der Waals surface area contributed by atoms with E-state index in [1.165, 1.54) is 251 Å². The van der Waals surface area contributed by atoms with Crippen LogP contribution in [0.1, 0.15) is 61.2 Å².